The number of hydrogen-bond donors (Lipinski definition) is 1. The Morgan fingerprint density at radius 3 is 2.10 bits per heavy atom. The molecule has 0 aliphatic rings. The molecular weight excluding hydrogens is 324 g/mol. The smallest absolute Gasteiger partial charge is 0.242 e. The Labute approximate surface area is 124 Å². The largest absolute Gasteiger partial charge is 0.284 e. The Morgan fingerprint density at radius 2 is 1.65 bits per heavy atom. The van der Waals surface area contributed by atoms with Crippen molar-refractivity contribution in [1.29, 1.82) is 0 Å². The van der Waals surface area contributed by atoms with E-state index < -0.39 is 20.0 Å². The Balaban J connectivity index is 2.88. The van der Waals surface area contributed by atoms with Crippen LogP contribution in [-0.2, 0) is 20.0 Å². The van der Waals surface area contributed by atoms with Crippen LogP contribution in [0.5, 0.6) is 0 Å². The molecule has 9 heteroatoms. The molecule has 1 N–H and O–H groups in total. The third kappa shape index (κ3) is 4.62. The van der Waals surface area contributed by atoms with E-state index in [1.165, 1.54) is 38.4 Å². The number of nitrogens with one attached hydrogen (secondary N) is 1. The first-order chi connectivity index (χ1) is 9.19. The topological polar surface area (TPSA) is 83.6 Å². The highest BCUT2D eigenvalue weighted by Crippen LogP contribution is 2.17. The van der Waals surface area contributed by atoms with Crippen LogP contribution < -0.4 is 4.72 Å². The van der Waals surface area contributed by atoms with Gasteiger partial charge in [-0.3, -0.25) is 4.72 Å². The van der Waals surface area contributed by atoms with Crippen molar-refractivity contribution in [2.24, 2.45) is 0 Å². The van der Waals surface area contributed by atoms with Crippen LogP contribution in [-0.4, -0.2) is 46.9 Å². The molecule has 0 spiro atoms. The molecule has 0 atom stereocenters. The maximum Gasteiger partial charge on any atom is 0.242 e. The molecule has 0 bridgehead atoms. The summed E-state index contributed by atoms with van der Waals surface area (Å²) in [4.78, 5) is 0.103. The van der Waals surface area contributed by atoms with Crippen LogP contribution in [0.3, 0.4) is 0 Å². The number of hydrogen-bond acceptors (Lipinski definition) is 4. The summed E-state index contributed by atoms with van der Waals surface area (Å²) in [6.45, 7) is 0. The zero-order chi connectivity index (χ0) is 15.4. The van der Waals surface area contributed by atoms with Crippen molar-refractivity contribution in [1.82, 2.24) is 4.31 Å². The van der Waals surface area contributed by atoms with E-state index in [2.05, 4.69) is 4.72 Å². The van der Waals surface area contributed by atoms with Crippen LogP contribution in [0.1, 0.15) is 6.42 Å². The van der Waals surface area contributed by atoms with Gasteiger partial charge in [-0.05, 0) is 30.7 Å². The average Bonchev–Trinajstić information content (AvgIpc) is 2.36. The maximum atomic E-state index is 11.8. The Hall–Kier alpha value is -0.830. The average molecular weight is 341 g/mol. The zero-order valence-electron chi connectivity index (χ0n) is 11.2. The van der Waals surface area contributed by atoms with Crippen LogP contribution in [0, 0.1) is 0 Å². The van der Waals surface area contributed by atoms with Crippen molar-refractivity contribution in [3.63, 3.8) is 0 Å². The molecule has 20 heavy (non-hydrogen) atoms. The molecule has 1 aromatic rings. The molecule has 114 valence electrons. The third-order valence-corrected chi connectivity index (χ3v) is 5.92. The van der Waals surface area contributed by atoms with E-state index >= 15 is 0 Å². The van der Waals surface area contributed by atoms with Crippen molar-refractivity contribution >= 4 is 37.3 Å². The summed E-state index contributed by atoms with van der Waals surface area (Å²) in [5.41, 5.74) is 0.317. The Bertz CT molecular complexity index is 640. The van der Waals surface area contributed by atoms with Crippen LogP contribution in [0.4, 0.5) is 5.69 Å². The van der Waals surface area contributed by atoms with Crippen molar-refractivity contribution in [3.8, 4) is 0 Å². The van der Waals surface area contributed by atoms with Gasteiger partial charge in [-0.2, -0.15) is 0 Å². The SMILES string of the molecule is CN(C)S(=O)(=O)c1ccc(NS(=O)(=O)CCCCl)cc1. The van der Waals surface area contributed by atoms with E-state index in [0.717, 1.165) is 4.31 Å². The molecule has 0 radical (unpaired) electrons. The van der Waals surface area contributed by atoms with E-state index in [1.807, 2.05) is 0 Å². The number of alkyl halides is 1. The minimum Gasteiger partial charge on any atom is -0.284 e. The fraction of sp³-hybridized carbons (Fsp3) is 0.455. The highest BCUT2D eigenvalue weighted by atomic mass is 35.5. The predicted octanol–water partition coefficient (Wildman–Crippen LogP) is 1.31. The van der Waals surface area contributed by atoms with Gasteiger partial charge < -0.3 is 0 Å². The van der Waals surface area contributed by atoms with Crippen LogP contribution >= 0.6 is 11.6 Å². The third-order valence-electron chi connectivity index (χ3n) is 2.45. The van der Waals surface area contributed by atoms with E-state index in [9.17, 15) is 16.8 Å². The van der Waals surface area contributed by atoms with Crippen molar-refractivity contribution in [2.45, 2.75) is 11.3 Å². The molecular formula is C11H17ClN2O4S2. The van der Waals surface area contributed by atoms with Gasteiger partial charge in [-0.25, -0.2) is 21.1 Å². The van der Waals surface area contributed by atoms with Gasteiger partial charge in [0, 0.05) is 25.7 Å². The van der Waals surface area contributed by atoms with Gasteiger partial charge in [0.1, 0.15) is 0 Å². The number of sulfonamides is 2. The fourth-order valence-electron chi connectivity index (χ4n) is 1.38. The molecule has 1 rings (SSSR count). The molecule has 0 saturated heterocycles. The number of benzene rings is 1. The maximum absolute atomic E-state index is 11.8. The Morgan fingerprint density at radius 1 is 1.10 bits per heavy atom. The number of anilines is 1. The minimum absolute atomic E-state index is 0.0752. The molecule has 0 unspecified atom stereocenters. The second-order valence-electron chi connectivity index (χ2n) is 4.28. The quantitative estimate of drug-likeness (QED) is 0.758. The van der Waals surface area contributed by atoms with Crippen LogP contribution in [0.2, 0.25) is 0 Å². The summed E-state index contributed by atoms with van der Waals surface area (Å²) < 4.78 is 50.4. The monoisotopic (exact) mass is 340 g/mol. The summed E-state index contributed by atoms with van der Waals surface area (Å²) >= 11 is 5.45. The fourth-order valence-corrected chi connectivity index (χ4v) is 3.70. The lowest BCUT2D eigenvalue weighted by molar-refractivity contribution is 0.521. The molecule has 0 fully saturated rings. The van der Waals surface area contributed by atoms with E-state index in [4.69, 9.17) is 11.6 Å². The first-order valence-electron chi connectivity index (χ1n) is 5.78. The standard InChI is InChI=1S/C11H17ClN2O4S2/c1-14(2)20(17,18)11-6-4-10(5-7-11)13-19(15,16)9-3-8-12/h4-7,13H,3,8-9H2,1-2H3. The Kier molecular flexibility index (Phi) is 5.81. The molecule has 0 saturated carbocycles. The number of nitrogens with zero attached hydrogens (tertiary/aromatic N) is 1. The lowest BCUT2D eigenvalue weighted by Gasteiger charge is -2.12. The first kappa shape index (κ1) is 17.2. The number of rotatable bonds is 7. The van der Waals surface area contributed by atoms with Gasteiger partial charge in [-0.1, -0.05) is 0 Å². The molecule has 1 aromatic carbocycles. The van der Waals surface area contributed by atoms with Gasteiger partial charge in [0.2, 0.25) is 20.0 Å². The van der Waals surface area contributed by atoms with Gasteiger partial charge in [0.15, 0.2) is 0 Å². The van der Waals surface area contributed by atoms with Gasteiger partial charge in [0.25, 0.3) is 0 Å². The summed E-state index contributed by atoms with van der Waals surface area (Å²) in [5, 5.41) is 0. The van der Waals surface area contributed by atoms with Crippen molar-refractivity contribution < 1.29 is 16.8 Å². The molecule has 0 aliphatic heterocycles. The molecule has 0 aliphatic carbocycles. The van der Waals surface area contributed by atoms with E-state index in [0.29, 0.717) is 12.1 Å². The minimum atomic E-state index is -3.51. The normalized spacial score (nSPS) is 12.6. The van der Waals surface area contributed by atoms with E-state index in [-0.39, 0.29) is 16.5 Å². The van der Waals surface area contributed by atoms with Crippen molar-refractivity contribution in [3.05, 3.63) is 24.3 Å². The molecule has 0 aromatic heterocycles. The van der Waals surface area contributed by atoms with Crippen LogP contribution in [0.25, 0.3) is 0 Å². The molecule has 0 heterocycles. The first-order valence-corrected chi connectivity index (χ1v) is 9.41. The zero-order valence-corrected chi connectivity index (χ0v) is 13.6. The highest BCUT2D eigenvalue weighted by molar-refractivity contribution is 7.92. The van der Waals surface area contributed by atoms with E-state index in [1.54, 1.807) is 0 Å². The molecule has 6 nitrogen and oxygen atoms in total. The summed E-state index contributed by atoms with van der Waals surface area (Å²) in [6, 6.07) is 5.53. The van der Waals surface area contributed by atoms with Crippen LogP contribution in [0.15, 0.2) is 29.2 Å². The predicted molar refractivity (Wildman–Crippen MR) is 80.1 cm³/mol. The van der Waals surface area contributed by atoms with Crippen molar-refractivity contribution in [2.75, 3.05) is 30.5 Å². The second-order valence-corrected chi connectivity index (χ2v) is 8.65. The van der Waals surface area contributed by atoms with Gasteiger partial charge in [-0.15, -0.1) is 11.6 Å². The van der Waals surface area contributed by atoms with Gasteiger partial charge >= 0.3 is 0 Å². The lowest BCUT2D eigenvalue weighted by atomic mass is 10.3. The second kappa shape index (κ2) is 6.75. The summed E-state index contributed by atoms with van der Waals surface area (Å²) in [7, 11) is -4.11. The molecule has 0 amide bonds. The van der Waals surface area contributed by atoms with Gasteiger partial charge in [0.05, 0.1) is 10.6 Å². The summed E-state index contributed by atoms with van der Waals surface area (Å²) in [5.74, 6) is 0.190. The summed E-state index contributed by atoms with van der Waals surface area (Å²) in [6.07, 6.45) is 0.351. The number of halogens is 1. The lowest BCUT2D eigenvalue weighted by Crippen LogP contribution is -2.22. The highest BCUT2D eigenvalue weighted by Gasteiger charge is 2.17.